The molecule has 0 unspecified atom stereocenters. The maximum atomic E-state index is 4.52. The van der Waals surface area contributed by atoms with Gasteiger partial charge in [0, 0.05) is 24.3 Å². The van der Waals surface area contributed by atoms with Gasteiger partial charge in [-0.15, -0.1) is 0 Å². The second kappa shape index (κ2) is 6.27. The molecule has 1 aromatic rings. The number of nitrogens with one attached hydrogen (secondary N) is 1. The van der Waals surface area contributed by atoms with Crippen molar-refractivity contribution in [1.82, 2.24) is 20.0 Å². The highest BCUT2D eigenvalue weighted by Gasteiger charge is 2.31. The van der Waals surface area contributed by atoms with E-state index in [-0.39, 0.29) is 0 Å². The number of fused-ring (bicyclic) bond motifs is 1. The van der Waals surface area contributed by atoms with Crippen LogP contribution >= 0.6 is 0 Å². The molecule has 2 atom stereocenters. The van der Waals surface area contributed by atoms with Gasteiger partial charge in [0.05, 0.1) is 5.69 Å². The minimum Gasteiger partial charge on any atom is -0.314 e. The van der Waals surface area contributed by atoms with Crippen LogP contribution in [0.5, 0.6) is 0 Å². The topological polar surface area (TPSA) is 33.1 Å². The van der Waals surface area contributed by atoms with Crippen LogP contribution in [0.1, 0.15) is 43.5 Å². The van der Waals surface area contributed by atoms with E-state index in [9.17, 15) is 0 Å². The number of aryl methyl sites for hydroxylation is 3. The van der Waals surface area contributed by atoms with E-state index in [1.54, 1.807) is 0 Å². The summed E-state index contributed by atoms with van der Waals surface area (Å²) >= 11 is 0. The molecule has 112 valence electrons. The van der Waals surface area contributed by atoms with E-state index in [4.69, 9.17) is 0 Å². The predicted molar refractivity (Wildman–Crippen MR) is 81.9 cm³/mol. The zero-order chi connectivity index (χ0) is 13.9. The van der Waals surface area contributed by atoms with Gasteiger partial charge in [0.1, 0.15) is 0 Å². The summed E-state index contributed by atoms with van der Waals surface area (Å²) in [5.74, 6) is 0. The van der Waals surface area contributed by atoms with Crippen LogP contribution in [0, 0.1) is 13.8 Å². The lowest BCUT2D eigenvalue weighted by Crippen LogP contribution is -2.45. The van der Waals surface area contributed by atoms with Gasteiger partial charge in [0.25, 0.3) is 0 Å². The summed E-state index contributed by atoms with van der Waals surface area (Å²) in [6, 6.07) is 3.77. The van der Waals surface area contributed by atoms with Crippen LogP contribution in [0.3, 0.4) is 0 Å². The van der Waals surface area contributed by atoms with Crippen molar-refractivity contribution >= 4 is 0 Å². The molecule has 0 bridgehead atoms. The molecule has 0 aliphatic carbocycles. The smallest absolute Gasteiger partial charge is 0.0596 e. The third-order valence-corrected chi connectivity index (χ3v) is 4.90. The van der Waals surface area contributed by atoms with Crippen LogP contribution in [0.15, 0.2) is 6.07 Å². The Hall–Kier alpha value is -0.870. The number of rotatable bonds is 5. The Morgan fingerprint density at radius 3 is 3.00 bits per heavy atom. The Morgan fingerprint density at radius 2 is 2.20 bits per heavy atom. The number of hydrogen-bond donors (Lipinski definition) is 1. The summed E-state index contributed by atoms with van der Waals surface area (Å²) in [6.07, 6.45) is 6.70. The van der Waals surface area contributed by atoms with Crippen LogP contribution in [0.2, 0.25) is 0 Å². The molecular weight excluding hydrogens is 248 g/mol. The Morgan fingerprint density at radius 1 is 1.30 bits per heavy atom. The van der Waals surface area contributed by atoms with Gasteiger partial charge in [-0.1, -0.05) is 0 Å². The fourth-order valence-electron chi connectivity index (χ4n) is 3.85. The lowest BCUT2D eigenvalue weighted by Gasteiger charge is -2.35. The van der Waals surface area contributed by atoms with E-state index in [1.165, 1.54) is 50.9 Å². The SMILES string of the molecule is Cc1cc(C)n(CCCN[C@@H]2CCN3CCC[C@H]3C2)n1. The molecule has 0 spiro atoms. The molecule has 1 aromatic heterocycles. The van der Waals surface area contributed by atoms with Gasteiger partial charge in [-0.3, -0.25) is 4.68 Å². The first kappa shape index (κ1) is 14.1. The molecule has 0 saturated carbocycles. The Kier molecular flexibility index (Phi) is 4.41. The number of piperidine rings is 1. The summed E-state index contributed by atoms with van der Waals surface area (Å²) in [5.41, 5.74) is 2.41. The molecule has 0 radical (unpaired) electrons. The molecule has 2 aliphatic heterocycles. The second-order valence-electron chi connectivity index (χ2n) is 6.51. The highest BCUT2D eigenvalue weighted by atomic mass is 15.3. The summed E-state index contributed by atoms with van der Waals surface area (Å²) < 4.78 is 2.14. The van der Waals surface area contributed by atoms with E-state index < -0.39 is 0 Å². The van der Waals surface area contributed by atoms with Crippen molar-refractivity contribution in [3.8, 4) is 0 Å². The normalized spacial score (nSPS) is 26.9. The monoisotopic (exact) mass is 276 g/mol. The minimum atomic E-state index is 0.745. The van der Waals surface area contributed by atoms with Gasteiger partial charge in [0.15, 0.2) is 0 Å². The average Bonchev–Trinajstić information content (AvgIpc) is 3.00. The highest BCUT2D eigenvalue weighted by molar-refractivity contribution is 5.06. The van der Waals surface area contributed by atoms with Gasteiger partial charge in [0.2, 0.25) is 0 Å². The highest BCUT2D eigenvalue weighted by Crippen LogP contribution is 2.26. The molecule has 2 fully saturated rings. The van der Waals surface area contributed by atoms with Crippen molar-refractivity contribution in [1.29, 1.82) is 0 Å². The van der Waals surface area contributed by atoms with E-state index in [0.29, 0.717) is 0 Å². The lowest BCUT2D eigenvalue weighted by molar-refractivity contribution is 0.167. The molecule has 2 saturated heterocycles. The van der Waals surface area contributed by atoms with Crippen LogP contribution in [0.4, 0.5) is 0 Å². The summed E-state index contributed by atoms with van der Waals surface area (Å²) in [7, 11) is 0. The van der Waals surface area contributed by atoms with E-state index in [0.717, 1.165) is 30.9 Å². The van der Waals surface area contributed by atoms with Crippen LogP contribution in [-0.2, 0) is 6.54 Å². The molecule has 4 nitrogen and oxygen atoms in total. The standard InChI is InChI=1S/C16H28N4/c1-13-11-14(2)20(18-13)9-4-7-17-15-6-10-19-8-3-5-16(19)12-15/h11,15-17H,3-10,12H2,1-2H3/t15-,16+/m1/s1. The molecule has 0 aromatic carbocycles. The predicted octanol–water partition coefficient (Wildman–Crippen LogP) is 2.11. The van der Waals surface area contributed by atoms with Crippen LogP contribution in [-0.4, -0.2) is 46.4 Å². The molecule has 3 heterocycles. The summed E-state index contributed by atoms with van der Waals surface area (Å²) in [5, 5.41) is 8.28. The first-order valence-electron chi connectivity index (χ1n) is 8.21. The Bertz CT molecular complexity index is 440. The van der Waals surface area contributed by atoms with Gasteiger partial charge in [-0.05, 0) is 71.7 Å². The molecule has 2 aliphatic rings. The molecule has 3 rings (SSSR count). The van der Waals surface area contributed by atoms with Gasteiger partial charge in [-0.2, -0.15) is 5.10 Å². The zero-order valence-electron chi connectivity index (χ0n) is 12.9. The fraction of sp³-hybridized carbons (Fsp3) is 0.812. The van der Waals surface area contributed by atoms with E-state index >= 15 is 0 Å². The average molecular weight is 276 g/mol. The van der Waals surface area contributed by atoms with E-state index in [1.807, 2.05) is 0 Å². The number of hydrogen-bond acceptors (Lipinski definition) is 3. The van der Waals surface area contributed by atoms with Crippen LogP contribution in [0.25, 0.3) is 0 Å². The van der Waals surface area contributed by atoms with Crippen LogP contribution < -0.4 is 5.32 Å². The summed E-state index contributed by atoms with van der Waals surface area (Å²) in [4.78, 5) is 2.69. The van der Waals surface area contributed by atoms with Crippen molar-refractivity contribution < 1.29 is 0 Å². The Balaban J connectivity index is 1.37. The molecule has 4 heteroatoms. The minimum absolute atomic E-state index is 0.745. The molecule has 20 heavy (non-hydrogen) atoms. The largest absolute Gasteiger partial charge is 0.314 e. The van der Waals surface area contributed by atoms with Crippen molar-refractivity contribution in [3.63, 3.8) is 0 Å². The third-order valence-electron chi connectivity index (χ3n) is 4.90. The van der Waals surface area contributed by atoms with Gasteiger partial charge in [-0.25, -0.2) is 0 Å². The maximum absolute atomic E-state index is 4.52. The van der Waals surface area contributed by atoms with Gasteiger partial charge >= 0.3 is 0 Å². The number of nitrogens with zero attached hydrogens (tertiary/aromatic N) is 3. The summed E-state index contributed by atoms with van der Waals surface area (Å²) in [6.45, 7) is 9.01. The van der Waals surface area contributed by atoms with Crippen molar-refractivity contribution in [2.45, 2.75) is 64.6 Å². The fourth-order valence-corrected chi connectivity index (χ4v) is 3.85. The maximum Gasteiger partial charge on any atom is 0.0596 e. The lowest BCUT2D eigenvalue weighted by atomic mass is 9.97. The molecular formula is C16H28N4. The molecule has 1 N–H and O–H groups in total. The zero-order valence-corrected chi connectivity index (χ0v) is 12.9. The molecule has 0 amide bonds. The van der Waals surface area contributed by atoms with Crippen molar-refractivity contribution in [2.75, 3.05) is 19.6 Å². The van der Waals surface area contributed by atoms with Gasteiger partial charge < -0.3 is 10.2 Å². The van der Waals surface area contributed by atoms with E-state index in [2.05, 4.69) is 39.9 Å². The number of aromatic nitrogens is 2. The Labute approximate surface area is 122 Å². The third kappa shape index (κ3) is 3.23. The second-order valence-corrected chi connectivity index (χ2v) is 6.51. The first-order valence-corrected chi connectivity index (χ1v) is 8.21. The quantitative estimate of drug-likeness (QED) is 0.836. The first-order chi connectivity index (χ1) is 9.72. The van der Waals surface area contributed by atoms with Crippen molar-refractivity contribution in [3.05, 3.63) is 17.5 Å². The van der Waals surface area contributed by atoms with Crippen molar-refractivity contribution in [2.24, 2.45) is 0 Å².